The summed E-state index contributed by atoms with van der Waals surface area (Å²) in [4.78, 5) is 41.2. The molecule has 222 valence electrons. The zero-order chi connectivity index (χ0) is 30.3. The molecule has 1 fully saturated rings. The number of hydrogen-bond donors (Lipinski definition) is 1. The number of halogens is 1. The zero-order valence-corrected chi connectivity index (χ0v) is 24.6. The minimum atomic E-state index is -3.99. The standard InChI is InChI=1S/C32H36FN3O5S/c1-23(37)25-14-10-17-28(20-25)36(42(2,40)41)22-31(38)35(21-26-13-6-9-18-29(26)33)30(19-24-11-4-3-5-12-24)32(39)34-27-15-7-8-16-27/h3-6,9-14,17-18,20,27,30H,7-8,15-16,19,21-22H2,1-2H3,(H,34,39)/t30-/m0/s1. The number of benzene rings is 3. The lowest BCUT2D eigenvalue weighted by molar-refractivity contribution is -0.140. The van der Waals surface area contributed by atoms with E-state index in [1.807, 2.05) is 30.3 Å². The molecular formula is C32H36FN3O5S. The molecular weight excluding hydrogens is 557 g/mol. The molecule has 0 heterocycles. The van der Waals surface area contributed by atoms with Crippen LogP contribution in [0.4, 0.5) is 10.1 Å². The monoisotopic (exact) mass is 593 g/mol. The van der Waals surface area contributed by atoms with Crippen molar-refractivity contribution in [2.24, 2.45) is 0 Å². The Balaban J connectivity index is 1.74. The molecule has 10 heteroatoms. The van der Waals surface area contributed by atoms with Crippen molar-refractivity contribution < 1.29 is 27.2 Å². The summed E-state index contributed by atoms with van der Waals surface area (Å²) in [6, 6.07) is 20.1. The van der Waals surface area contributed by atoms with Crippen LogP contribution in [-0.2, 0) is 32.6 Å². The Kier molecular flexibility index (Phi) is 10.1. The summed E-state index contributed by atoms with van der Waals surface area (Å²) in [5.41, 5.74) is 1.42. The number of nitrogens with zero attached hydrogens (tertiary/aromatic N) is 2. The summed E-state index contributed by atoms with van der Waals surface area (Å²) in [5, 5.41) is 3.07. The average Bonchev–Trinajstić information content (AvgIpc) is 3.47. The van der Waals surface area contributed by atoms with E-state index in [0.29, 0.717) is 0 Å². The Morgan fingerprint density at radius 1 is 0.952 bits per heavy atom. The lowest BCUT2D eigenvalue weighted by atomic mass is 10.0. The minimum Gasteiger partial charge on any atom is -0.352 e. The first-order valence-corrected chi connectivity index (χ1v) is 15.8. The molecule has 42 heavy (non-hydrogen) atoms. The van der Waals surface area contributed by atoms with E-state index in [4.69, 9.17) is 0 Å². The van der Waals surface area contributed by atoms with Gasteiger partial charge in [0.15, 0.2) is 5.78 Å². The van der Waals surface area contributed by atoms with Crippen molar-refractivity contribution in [3.8, 4) is 0 Å². The predicted octanol–water partition coefficient (Wildman–Crippen LogP) is 4.49. The summed E-state index contributed by atoms with van der Waals surface area (Å²) in [5.74, 6) is -1.86. The first-order chi connectivity index (χ1) is 20.0. The fourth-order valence-electron chi connectivity index (χ4n) is 5.23. The third kappa shape index (κ3) is 8.03. The molecule has 8 nitrogen and oxygen atoms in total. The smallest absolute Gasteiger partial charge is 0.244 e. The maximum Gasteiger partial charge on any atom is 0.244 e. The number of hydrogen-bond acceptors (Lipinski definition) is 5. The first kappa shape index (κ1) is 30.9. The van der Waals surface area contributed by atoms with Crippen molar-refractivity contribution in [3.63, 3.8) is 0 Å². The number of sulfonamides is 1. The molecule has 1 N–H and O–H groups in total. The molecule has 0 spiro atoms. The van der Waals surface area contributed by atoms with Gasteiger partial charge in [-0.25, -0.2) is 12.8 Å². The van der Waals surface area contributed by atoms with E-state index in [2.05, 4.69) is 5.32 Å². The van der Waals surface area contributed by atoms with Crippen molar-refractivity contribution in [3.05, 3.63) is 101 Å². The number of ketones is 1. The third-order valence-corrected chi connectivity index (χ3v) is 8.63. The van der Waals surface area contributed by atoms with E-state index in [0.717, 1.165) is 41.8 Å². The number of carbonyl (C=O) groups is 3. The summed E-state index contributed by atoms with van der Waals surface area (Å²) in [7, 11) is -3.99. The summed E-state index contributed by atoms with van der Waals surface area (Å²) in [6.07, 6.45) is 4.77. The van der Waals surface area contributed by atoms with Gasteiger partial charge >= 0.3 is 0 Å². The molecule has 1 saturated carbocycles. The van der Waals surface area contributed by atoms with Crippen LogP contribution in [-0.4, -0.2) is 55.8 Å². The number of anilines is 1. The van der Waals surface area contributed by atoms with Gasteiger partial charge in [-0.1, -0.05) is 73.5 Å². The molecule has 4 rings (SSSR count). The summed E-state index contributed by atoms with van der Waals surface area (Å²) < 4.78 is 41.7. The topological polar surface area (TPSA) is 104 Å². The van der Waals surface area contributed by atoms with E-state index in [1.54, 1.807) is 18.2 Å². The average molecular weight is 594 g/mol. The van der Waals surface area contributed by atoms with E-state index in [9.17, 15) is 27.2 Å². The number of carbonyl (C=O) groups excluding carboxylic acids is 3. The van der Waals surface area contributed by atoms with Gasteiger partial charge < -0.3 is 10.2 Å². The molecule has 0 bridgehead atoms. The SMILES string of the molecule is CC(=O)c1cccc(N(CC(=O)N(Cc2ccccc2F)[C@@H](Cc2ccccc2)C(=O)NC2CCCC2)S(C)(=O)=O)c1. The summed E-state index contributed by atoms with van der Waals surface area (Å²) >= 11 is 0. The molecule has 1 aliphatic rings. The molecule has 0 radical (unpaired) electrons. The fraction of sp³-hybridized carbons (Fsp3) is 0.344. The molecule has 0 aromatic heterocycles. The molecule has 1 aliphatic carbocycles. The van der Waals surface area contributed by atoms with Crippen LogP contribution in [0.25, 0.3) is 0 Å². The molecule has 1 atom stereocenters. The Hall–Kier alpha value is -4.05. The Morgan fingerprint density at radius 2 is 1.62 bits per heavy atom. The van der Waals surface area contributed by atoms with Crippen LogP contribution in [0.15, 0.2) is 78.9 Å². The van der Waals surface area contributed by atoms with Crippen molar-refractivity contribution in [2.75, 3.05) is 17.1 Å². The zero-order valence-electron chi connectivity index (χ0n) is 23.8. The lowest BCUT2D eigenvalue weighted by Gasteiger charge is -2.34. The molecule has 3 aromatic carbocycles. The van der Waals surface area contributed by atoms with Gasteiger partial charge in [-0.2, -0.15) is 0 Å². The largest absolute Gasteiger partial charge is 0.352 e. The molecule has 0 saturated heterocycles. The highest BCUT2D eigenvalue weighted by Crippen LogP contribution is 2.23. The second-order valence-corrected chi connectivity index (χ2v) is 12.6. The fourth-order valence-corrected chi connectivity index (χ4v) is 6.07. The van der Waals surface area contributed by atoms with Gasteiger partial charge in [0, 0.05) is 30.1 Å². The molecule has 3 aromatic rings. The van der Waals surface area contributed by atoms with Crippen molar-refractivity contribution in [1.29, 1.82) is 0 Å². The number of rotatable bonds is 12. The van der Waals surface area contributed by atoms with E-state index in [-0.39, 0.29) is 47.5 Å². The number of nitrogens with one attached hydrogen (secondary N) is 1. The van der Waals surface area contributed by atoms with Crippen LogP contribution >= 0.6 is 0 Å². The van der Waals surface area contributed by atoms with Crippen molar-refractivity contribution in [2.45, 2.75) is 57.7 Å². The van der Waals surface area contributed by atoms with E-state index < -0.39 is 34.3 Å². The molecule has 2 amide bonds. The van der Waals surface area contributed by atoms with E-state index in [1.165, 1.54) is 42.2 Å². The van der Waals surface area contributed by atoms with Crippen LogP contribution < -0.4 is 9.62 Å². The minimum absolute atomic E-state index is 0.0250. The normalized spacial score (nSPS) is 14.3. The highest BCUT2D eigenvalue weighted by molar-refractivity contribution is 7.92. The van der Waals surface area contributed by atoms with Crippen LogP contribution in [0.1, 0.15) is 54.1 Å². The number of amides is 2. The second kappa shape index (κ2) is 13.7. The Morgan fingerprint density at radius 3 is 2.26 bits per heavy atom. The van der Waals surface area contributed by atoms with Gasteiger partial charge in [0.1, 0.15) is 18.4 Å². The van der Waals surface area contributed by atoms with Crippen molar-refractivity contribution in [1.82, 2.24) is 10.2 Å². The van der Waals surface area contributed by atoms with Crippen LogP contribution in [0.3, 0.4) is 0 Å². The predicted molar refractivity (Wildman–Crippen MR) is 160 cm³/mol. The van der Waals surface area contributed by atoms with Crippen LogP contribution in [0.2, 0.25) is 0 Å². The quantitative estimate of drug-likeness (QED) is 0.312. The van der Waals surface area contributed by atoms with Gasteiger partial charge in [-0.05, 0) is 43.5 Å². The lowest BCUT2D eigenvalue weighted by Crippen LogP contribution is -2.54. The van der Waals surface area contributed by atoms with Gasteiger partial charge in [-0.15, -0.1) is 0 Å². The van der Waals surface area contributed by atoms with Gasteiger partial charge in [-0.3, -0.25) is 18.7 Å². The number of Topliss-reactive ketones (excluding diaryl/α,β-unsaturated/α-hetero) is 1. The van der Waals surface area contributed by atoms with Gasteiger partial charge in [0.25, 0.3) is 0 Å². The third-order valence-electron chi connectivity index (χ3n) is 7.49. The summed E-state index contributed by atoms with van der Waals surface area (Å²) in [6.45, 7) is 0.477. The molecule has 0 aliphatic heterocycles. The highest BCUT2D eigenvalue weighted by Gasteiger charge is 2.34. The second-order valence-electron chi connectivity index (χ2n) is 10.7. The van der Waals surface area contributed by atoms with Crippen LogP contribution in [0, 0.1) is 5.82 Å². The maximum absolute atomic E-state index is 14.9. The first-order valence-electron chi connectivity index (χ1n) is 14.0. The molecule has 0 unspecified atom stereocenters. The van der Waals surface area contributed by atoms with E-state index >= 15 is 0 Å². The van der Waals surface area contributed by atoms with Gasteiger partial charge in [0.05, 0.1) is 11.9 Å². The maximum atomic E-state index is 14.9. The van der Waals surface area contributed by atoms with Crippen LogP contribution in [0.5, 0.6) is 0 Å². The van der Waals surface area contributed by atoms with Gasteiger partial charge in [0.2, 0.25) is 21.8 Å². The van der Waals surface area contributed by atoms with Crippen molar-refractivity contribution >= 4 is 33.3 Å². The Labute approximate surface area is 246 Å². The Bertz CT molecular complexity index is 1520. The highest BCUT2D eigenvalue weighted by atomic mass is 32.2.